The van der Waals surface area contributed by atoms with E-state index >= 15 is 0 Å². The highest BCUT2D eigenvalue weighted by atomic mass is 16.5. The average Bonchev–Trinajstić information content (AvgIpc) is 3.05. The SMILES string of the molecule is COc1ncccc1C(=O)N1CCC(Oc2ccc(C)nn2)C1. The Morgan fingerprint density at radius 2 is 2.17 bits per heavy atom. The maximum absolute atomic E-state index is 12.6. The molecule has 1 aliphatic rings. The summed E-state index contributed by atoms with van der Waals surface area (Å²) in [5, 5.41) is 7.96. The maximum Gasteiger partial charge on any atom is 0.259 e. The summed E-state index contributed by atoms with van der Waals surface area (Å²) in [6.45, 7) is 3.00. The van der Waals surface area contributed by atoms with Crippen molar-refractivity contribution < 1.29 is 14.3 Å². The number of nitrogens with zero attached hydrogens (tertiary/aromatic N) is 4. The quantitative estimate of drug-likeness (QED) is 0.851. The first-order valence-corrected chi connectivity index (χ1v) is 7.42. The fourth-order valence-electron chi connectivity index (χ4n) is 2.52. The molecule has 7 nitrogen and oxygen atoms in total. The summed E-state index contributed by atoms with van der Waals surface area (Å²) >= 11 is 0. The summed E-state index contributed by atoms with van der Waals surface area (Å²) in [5.41, 5.74) is 1.30. The molecule has 23 heavy (non-hydrogen) atoms. The van der Waals surface area contributed by atoms with Gasteiger partial charge in [0.2, 0.25) is 11.8 Å². The van der Waals surface area contributed by atoms with Crippen LogP contribution in [0.1, 0.15) is 22.5 Å². The number of likely N-dealkylation sites (tertiary alicyclic amines) is 1. The second kappa shape index (κ2) is 6.60. The Balaban J connectivity index is 1.65. The van der Waals surface area contributed by atoms with Gasteiger partial charge in [0.05, 0.1) is 19.3 Å². The number of amides is 1. The zero-order valence-corrected chi connectivity index (χ0v) is 13.1. The van der Waals surface area contributed by atoms with Crippen LogP contribution in [0.3, 0.4) is 0 Å². The van der Waals surface area contributed by atoms with Gasteiger partial charge in [0, 0.05) is 25.2 Å². The predicted molar refractivity (Wildman–Crippen MR) is 82.5 cm³/mol. The van der Waals surface area contributed by atoms with Gasteiger partial charge in [0.1, 0.15) is 11.7 Å². The second-order valence-electron chi connectivity index (χ2n) is 5.35. The number of aromatic nitrogens is 3. The van der Waals surface area contributed by atoms with Crippen LogP contribution in [0.25, 0.3) is 0 Å². The molecule has 7 heteroatoms. The Morgan fingerprint density at radius 3 is 2.91 bits per heavy atom. The molecule has 1 fully saturated rings. The normalized spacial score (nSPS) is 17.1. The molecule has 0 aliphatic carbocycles. The molecule has 1 aliphatic heterocycles. The molecule has 1 amide bonds. The molecule has 1 unspecified atom stereocenters. The topological polar surface area (TPSA) is 77.4 Å². The van der Waals surface area contributed by atoms with Gasteiger partial charge in [-0.1, -0.05) is 0 Å². The van der Waals surface area contributed by atoms with E-state index in [-0.39, 0.29) is 12.0 Å². The number of methoxy groups -OCH3 is 1. The summed E-state index contributed by atoms with van der Waals surface area (Å²) in [6.07, 6.45) is 2.27. The van der Waals surface area contributed by atoms with Gasteiger partial charge in [-0.05, 0) is 25.1 Å². The number of pyridine rings is 1. The second-order valence-corrected chi connectivity index (χ2v) is 5.35. The number of carbonyl (C=O) groups excluding carboxylic acids is 1. The van der Waals surface area contributed by atoms with Crippen LogP contribution in [-0.2, 0) is 0 Å². The third kappa shape index (κ3) is 3.39. The first-order valence-electron chi connectivity index (χ1n) is 7.42. The molecular formula is C16H18N4O3. The van der Waals surface area contributed by atoms with Gasteiger partial charge in [0.15, 0.2) is 0 Å². The predicted octanol–water partition coefficient (Wildman–Crippen LogP) is 1.48. The highest BCUT2D eigenvalue weighted by Crippen LogP contribution is 2.21. The number of rotatable bonds is 4. The van der Waals surface area contributed by atoms with Crippen LogP contribution in [0.5, 0.6) is 11.8 Å². The molecule has 2 aromatic heterocycles. The lowest BCUT2D eigenvalue weighted by molar-refractivity contribution is 0.0766. The van der Waals surface area contributed by atoms with Crippen LogP contribution in [0.2, 0.25) is 0 Å². The van der Waals surface area contributed by atoms with Crippen molar-refractivity contribution in [3.63, 3.8) is 0 Å². The fraction of sp³-hybridized carbons (Fsp3) is 0.375. The number of aryl methyl sites for hydroxylation is 1. The molecular weight excluding hydrogens is 296 g/mol. The van der Waals surface area contributed by atoms with E-state index in [1.54, 1.807) is 29.3 Å². The summed E-state index contributed by atoms with van der Waals surface area (Å²) in [6, 6.07) is 7.08. The van der Waals surface area contributed by atoms with Crippen LogP contribution >= 0.6 is 0 Å². The minimum absolute atomic E-state index is 0.0846. The molecule has 3 rings (SSSR count). The Morgan fingerprint density at radius 1 is 1.30 bits per heavy atom. The van der Waals surface area contributed by atoms with E-state index in [0.717, 1.165) is 12.1 Å². The van der Waals surface area contributed by atoms with E-state index in [1.807, 2.05) is 13.0 Å². The van der Waals surface area contributed by atoms with Gasteiger partial charge >= 0.3 is 0 Å². The standard InChI is InChI=1S/C16H18N4O3/c1-11-5-6-14(19-18-11)23-12-7-9-20(10-12)16(21)13-4-3-8-17-15(13)22-2/h3-6,8,12H,7,9-10H2,1-2H3. The van der Waals surface area contributed by atoms with Gasteiger partial charge in [-0.2, -0.15) is 5.10 Å². The van der Waals surface area contributed by atoms with Gasteiger partial charge in [-0.15, -0.1) is 5.10 Å². The molecule has 1 atom stereocenters. The average molecular weight is 314 g/mol. The lowest BCUT2D eigenvalue weighted by Crippen LogP contribution is -2.31. The van der Waals surface area contributed by atoms with Crippen molar-refractivity contribution in [3.05, 3.63) is 41.7 Å². The van der Waals surface area contributed by atoms with Crippen molar-refractivity contribution >= 4 is 5.91 Å². The smallest absolute Gasteiger partial charge is 0.259 e. The van der Waals surface area contributed by atoms with Crippen LogP contribution in [0, 0.1) is 6.92 Å². The van der Waals surface area contributed by atoms with Crippen molar-refractivity contribution in [2.24, 2.45) is 0 Å². The summed E-state index contributed by atoms with van der Waals surface area (Å²) in [5.74, 6) is 0.719. The van der Waals surface area contributed by atoms with Crippen molar-refractivity contribution in [1.82, 2.24) is 20.1 Å². The van der Waals surface area contributed by atoms with Crippen LogP contribution in [0.15, 0.2) is 30.5 Å². The number of hydrogen-bond acceptors (Lipinski definition) is 6. The zero-order chi connectivity index (χ0) is 16.2. The monoisotopic (exact) mass is 314 g/mol. The van der Waals surface area contributed by atoms with E-state index in [2.05, 4.69) is 15.2 Å². The number of ether oxygens (including phenoxy) is 2. The Hall–Kier alpha value is -2.70. The van der Waals surface area contributed by atoms with E-state index < -0.39 is 0 Å². The molecule has 0 radical (unpaired) electrons. The lowest BCUT2D eigenvalue weighted by Gasteiger charge is -2.17. The third-order valence-electron chi connectivity index (χ3n) is 3.69. The van der Waals surface area contributed by atoms with Gasteiger partial charge in [0.25, 0.3) is 5.91 Å². The number of hydrogen-bond donors (Lipinski definition) is 0. The van der Waals surface area contributed by atoms with E-state index in [0.29, 0.717) is 30.4 Å². The summed E-state index contributed by atoms with van der Waals surface area (Å²) in [4.78, 5) is 18.4. The molecule has 120 valence electrons. The van der Waals surface area contributed by atoms with E-state index in [9.17, 15) is 4.79 Å². The van der Waals surface area contributed by atoms with Gasteiger partial charge < -0.3 is 14.4 Å². The minimum Gasteiger partial charge on any atom is -0.480 e. The zero-order valence-electron chi connectivity index (χ0n) is 13.1. The molecule has 0 aromatic carbocycles. The van der Waals surface area contributed by atoms with E-state index in [1.165, 1.54) is 7.11 Å². The Labute approximate surface area is 134 Å². The fourth-order valence-corrected chi connectivity index (χ4v) is 2.52. The van der Waals surface area contributed by atoms with E-state index in [4.69, 9.17) is 9.47 Å². The first kappa shape index (κ1) is 15.2. The molecule has 0 bridgehead atoms. The summed E-state index contributed by atoms with van der Waals surface area (Å²) < 4.78 is 10.9. The van der Waals surface area contributed by atoms with Crippen molar-refractivity contribution in [3.8, 4) is 11.8 Å². The summed E-state index contributed by atoms with van der Waals surface area (Å²) in [7, 11) is 1.51. The first-order chi connectivity index (χ1) is 11.2. The van der Waals surface area contributed by atoms with Gasteiger partial charge in [-0.3, -0.25) is 4.79 Å². The maximum atomic E-state index is 12.6. The molecule has 1 saturated heterocycles. The highest BCUT2D eigenvalue weighted by Gasteiger charge is 2.30. The largest absolute Gasteiger partial charge is 0.480 e. The third-order valence-corrected chi connectivity index (χ3v) is 3.69. The minimum atomic E-state index is -0.101. The molecule has 0 spiro atoms. The van der Waals surface area contributed by atoms with Crippen LogP contribution in [-0.4, -0.2) is 52.3 Å². The lowest BCUT2D eigenvalue weighted by atomic mass is 10.2. The van der Waals surface area contributed by atoms with Crippen molar-refractivity contribution in [1.29, 1.82) is 0 Å². The van der Waals surface area contributed by atoms with Crippen LogP contribution in [0.4, 0.5) is 0 Å². The molecule has 2 aromatic rings. The number of carbonyl (C=O) groups is 1. The molecule has 0 N–H and O–H groups in total. The molecule has 3 heterocycles. The highest BCUT2D eigenvalue weighted by molar-refractivity contribution is 5.96. The Kier molecular flexibility index (Phi) is 4.36. The van der Waals surface area contributed by atoms with Crippen LogP contribution < -0.4 is 9.47 Å². The Bertz CT molecular complexity index is 690. The molecule has 0 saturated carbocycles. The van der Waals surface area contributed by atoms with Gasteiger partial charge in [-0.25, -0.2) is 4.98 Å². The van der Waals surface area contributed by atoms with Crippen molar-refractivity contribution in [2.75, 3.05) is 20.2 Å². The van der Waals surface area contributed by atoms with Crippen molar-refractivity contribution in [2.45, 2.75) is 19.4 Å².